The van der Waals surface area contributed by atoms with E-state index in [1.165, 1.54) is 5.56 Å². The van der Waals surface area contributed by atoms with Crippen LogP contribution in [-0.2, 0) is 11.8 Å². The monoisotopic (exact) mass is 225 g/mol. The van der Waals surface area contributed by atoms with Crippen molar-refractivity contribution in [3.05, 3.63) is 17.5 Å². The van der Waals surface area contributed by atoms with Gasteiger partial charge in [-0.3, -0.25) is 4.68 Å². The fraction of sp³-hybridized carbons (Fsp3) is 0.750. The third-order valence-corrected chi connectivity index (χ3v) is 2.74. The molecule has 2 unspecified atom stereocenters. The maximum Gasteiger partial charge on any atom is 0.0641 e. The topological polar surface area (TPSA) is 39.1 Å². The summed E-state index contributed by atoms with van der Waals surface area (Å²) in [4.78, 5) is 0. The molecule has 0 aliphatic heterocycles. The van der Waals surface area contributed by atoms with E-state index in [2.05, 4.69) is 30.5 Å². The van der Waals surface area contributed by atoms with Crippen molar-refractivity contribution in [1.29, 1.82) is 0 Å². The SMILES string of the molecule is COCC(C)CNC(C)c1cn(C)nc1C. The first-order chi connectivity index (χ1) is 7.54. The summed E-state index contributed by atoms with van der Waals surface area (Å²) in [6.45, 7) is 8.16. The minimum Gasteiger partial charge on any atom is -0.384 e. The number of hydrogen-bond acceptors (Lipinski definition) is 3. The van der Waals surface area contributed by atoms with Crippen LogP contribution >= 0.6 is 0 Å². The van der Waals surface area contributed by atoms with Crippen molar-refractivity contribution in [1.82, 2.24) is 15.1 Å². The van der Waals surface area contributed by atoms with Crippen LogP contribution in [0.15, 0.2) is 6.20 Å². The summed E-state index contributed by atoms with van der Waals surface area (Å²) in [5.74, 6) is 0.532. The quantitative estimate of drug-likeness (QED) is 0.800. The lowest BCUT2D eigenvalue weighted by Gasteiger charge is -2.16. The molecule has 0 aliphatic carbocycles. The van der Waals surface area contributed by atoms with Gasteiger partial charge in [0.2, 0.25) is 0 Å². The van der Waals surface area contributed by atoms with E-state index in [0.717, 1.165) is 18.8 Å². The lowest BCUT2D eigenvalue weighted by molar-refractivity contribution is 0.157. The van der Waals surface area contributed by atoms with Gasteiger partial charge >= 0.3 is 0 Å². The molecule has 0 spiro atoms. The molecular formula is C12H23N3O. The van der Waals surface area contributed by atoms with Crippen LogP contribution in [0, 0.1) is 12.8 Å². The lowest BCUT2D eigenvalue weighted by atomic mass is 10.1. The van der Waals surface area contributed by atoms with Crippen LogP contribution in [-0.4, -0.2) is 30.0 Å². The molecule has 0 radical (unpaired) electrons. The van der Waals surface area contributed by atoms with Gasteiger partial charge < -0.3 is 10.1 Å². The first-order valence-electron chi connectivity index (χ1n) is 5.77. The molecular weight excluding hydrogens is 202 g/mol. The molecule has 4 nitrogen and oxygen atoms in total. The molecule has 0 saturated heterocycles. The summed E-state index contributed by atoms with van der Waals surface area (Å²) < 4.78 is 6.98. The molecule has 1 N–H and O–H groups in total. The first kappa shape index (κ1) is 13.2. The highest BCUT2D eigenvalue weighted by Crippen LogP contribution is 2.15. The van der Waals surface area contributed by atoms with Crippen molar-refractivity contribution >= 4 is 0 Å². The van der Waals surface area contributed by atoms with Gasteiger partial charge in [0.25, 0.3) is 0 Å². The average molecular weight is 225 g/mol. The minimum atomic E-state index is 0.341. The van der Waals surface area contributed by atoms with Gasteiger partial charge in [0.15, 0.2) is 0 Å². The molecule has 1 rings (SSSR count). The smallest absolute Gasteiger partial charge is 0.0641 e. The maximum atomic E-state index is 5.11. The molecule has 4 heteroatoms. The van der Waals surface area contributed by atoms with Crippen molar-refractivity contribution in [2.75, 3.05) is 20.3 Å². The molecule has 1 aromatic rings. The molecule has 0 aliphatic rings. The van der Waals surface area contributed by atoms with Gasteiger partial charge in [-0.05, 0) is 19.8 Å². The van der Waals surface area contributed by atoms with E-state index < -0.39 is 0 Å². The van der Waals surface area contributed by atoms with Crippen LogP contribution in [0.3, 0.4) is 0 Å². The van der Waals surface area contributed by atoms with Crippen LogP contribution in [0.5, 0.6) is 0 Å². The van der Waals surface area contributed by atoms with Crippen molar-refractivity contribution in [2.45, 2.75) is 26.8 Å². The van der Waals surface area contributed by atoms with Gasteiger partial charge in [-0.15, -0.1) is 0 Å². The lowest BCUT2D eigenvalue weighted by Crippen LogP contribution is -2.26. The summed E-state index contributed by atoms with van der Waals surface area (Å²) in [6.07, 6.45) is 2.08. The number of nitrogens with one attached hydrogen (secondary N) is 1. The zero-order valence-corrected chi connectivity index (χ0v) is 10.9. The third kappa shape index (κ3) is 3.61. The number of methoxy groups -OCH3 is 1. The van der Waals surface area contributed by atoms with E-state index in [0.29, 0.717) is 12.0 Å². The number of hydrogen-bond donors (Lipinski definition) is 1. The molecule has 0 amide bonds. The fourth-order valence-corrected chi connectivity index (χ4v) is 1.87. The highest BCUT2D eigenvalue weighted by molar-refractivity contribution is 5.19. The van der Waals surface area contributed by atoms with E-state index in [9.17, 15) is 0 Å². The van der Waals surface area contributed by atoms with Crippen LogP contribution in [0.4, 0.5) is 0 Å². The van der Waals surface area contributed by atoms with Crippen LogP contribution < -0.4 is 5.32 Å². The molecule has 92 valence electrons. The predicted octanol–water partition coefficient (Wildman–Crippen LogP) is 1.66. The normalized spacial score (nSPS) is 15.1. The third-order valence-electron chi connectivity index (χ3n) is 2.74. The standard InChI is InChI=1S/C12H23N3O/c1-9(8-16-5)6-13-10(2)12-7-15(4)14-11(12)3/h7,9-10,13H,6,8H2,1-5H3. The number of rotatable bonds is 6. The first-order valence-corrected chi connectivity index (χ1v) is 5.77. The van der Waals surface area contributed by atoms with E-state index >= 15 is 0 Å². The Morgan fingerprint density at radius 2 is 2.19 bits per heavy atom. The molecule has 1 heterocycles. The van der Waals surface area contributed by atoms with Crippen molar-refractivity contribution in [3.8, 4) is 0 Å². The van der Waals surface area contributed by atoms with Crippen molar-refractivity contribution in [2.24, 2.45) is 13.0 Å². The Morgan fingerprint density at radius 1 is 1.50 bits per heavy atom. The summed E-state index contributed by atoms with van der Waals surface area (Å²) in [6, 6.07) is 0.341. The van der Waals surface area contributed by atoms with E-state index in [-0.39, 0.29) is 0 Å². The second kappa shape index (κ2) is 6.01. The molecule has 1 aromatic heterocycles. The van der Waals surface area contributed by atoms with Crippen LogP contribution in [0.2, 0.25) is 0 Å². The second-order valence-corrected chi connectivity index (χ2v) is 4.53. The Bertz CT molecular complexity index is 322. The molecule has 0 fully saturated rings. The summed E-state index contributed by atoms with van der Waals surface area (Å²) >= 11 is 0. The van der Waals surface area contributed by atoms with E-state index in [1.54, 1.807) is 7.11 Å². The highest BCUT2D eigenvalue weighted by Gasteiger charge is 2.12. The Morgan fingerprint density at radius 3 is 2.69 bits per heavy atom. The average Bonchev–Trinajstić information content (AvgIpc) is 2.55. The predicted molar refractivity (Wildman–Crippen MR) is 65.4 cm³/mol. The zero-order chi connectivity index (χ0) is 12.1. The Hall–Kier alpha value is -0.870. The summed E-state index contributed by atoms with van der Waals surface area (Å²) in [5.41, 5.74) is 2.37. The number of nitrogens with zero attached hydrogens (tertiary/aromatic N) is 2. The van der Waals surface area contributed by atoms with Crippen molar-refractivity contribution in [3.63, 3.8) is 0 Å². The largest absolute Gasteiger partial charge is 0.384 e. The molecule has 0 saturated carbocycles. The fourth-order valence-electron chi connectivity index (χ4n) is 1.87. The molecule has 0 bridgehead atoms. The summed E-state index contributed by atoms with van der Waals surface area (Å²) in [7, 11) is 3.70. The van der Waals surface area contributed by atoms with E-state index in [1.807, 2.05) is 18.7 Å². The molecule has 2 atom stereocenters. The number of aryl methyl sites for hydroxylation is 2. The van der Waals surface area contributed by atoms with Crippen LogP contribution in [0.1, 0.15) is 31.1 Å². The van der Waals surface area contributed by atoms with Crippen molar-refractivity contribution < 1.29 is 4.74 Å². The van der Waals surface area contributed by atoms with Gasteiger partial charge in [-0.25, -0.2) is 0 Å². The Balaban J connectivity index is 2.46. The Kier molecular flexibility index (Phi) is 4.96. The van der Waals surface area contributed by atoms with Gasteiger partial charge in [0.05, 0.1) is 5.69 Å². The van der Waals surface area contributed by atoms with Gasteiger partial charge in [-0.2, -0.15) is 5.10 Å². The number of ether oxygens (including phenoxy) is 1. The summed E-state index contributed by atoms with van der Waals surface area (Å²) in [5, 5.41) is 7.85. The van der Waals surface area contributed by atoms with Gasteiger partial charge in [0.1, 0.15) is 0 Å². The molecule has 16 heavy (non-hydrogen) atoms. The minimum absolute atomic E-state index is 0.341. The van der Waals surface area contributed by atoms with Gasteiger partial charge in [0, 0.05) is 45.1 Å². The molecule has 0 aromatic carbocycles. The van der Waals surface area contributed by atoms with E-state index in [4.69, 9.17) is 4.74 Å². The Labute approximate surface area is 98.0 Å². The van der Waals surface area contributed by atoms with Crippen LogP contribution in [0.25, 0.3) is 0 Å². The number of aromatic nitrogens is 2. The van der Waals surface area contributed by atoms with Gasteiger partial charge in [-0.1, -0.05) is 6.92 Å². The maximum absolute atomic E-state index is 5.11. The second-order valence-electron chi connectivity index (χ2n) is 4.53. The zero-order valence-electron chi connectivity index (χ0n) is 10.9. The highest BCUT2D eigenvalue weighted by atomic mass is 16.5.